The molecule has 9 rings (SSSR count). The third-order valence-electron chi connectivity index (χ3n) is 10.1. The zero-order valence-corrected chi connectivity index (χ0v) is 30.6. The van der Waals surface area contributed by atoms with Crippen LogP contribution in [0.15, 0.2) is 164 Å². The molecule has 10 heteroatoms. The first-order chi connectivity index (χ1) is 27.9. The van der Waals surface area contributed by atoms with Crippen LogP contribution in [0, 0.1) is 6.92 Å². The van der Waals surface area contributed by atoms with E-state index < -0.39 is 23.5 Å². The molecule has 0 saturated carbocycles. The van der Waals surface area contributed by atoms with Gasteiger partial charge in [0.2, 0.25) is 0 Å². The second-order valence-electron chi connectivity index (χ2n) is 14.0. The second-order valence-corrected chi connectivity index (χ2v) is 14.0. The molecule has 0 aliphatic rings. The molecule has 0 fully saturated rings. The van der Waals surface area contributed by atoms with E-state index in [1.54, 1.807) is 18.2 Å². The van der Waals surface area contributed by atoms with Crippen LogP contribution < -0.4 is 0 Å². The van der Waals surface area contributed by atoms with Crippen LogP contribution in [0.5, 0.6) is 0 Å². The lowest BCUT2D eigenvalue weighted by molar-refractivity contribution is -0.143. The number of hydrogen-bond donors (Lipinski definition) is 0. The molecule has 0 aliphatic carbocycles. The van der Waals surface area contributed by atoms with Crippen molar-refractivity contribution in [3.63, 3.8) is 0 Å². The van der Waals surface area contributed by atoms with Crippen molar-refractivity contribution in [2.75, 3.05) is 0 Å². The molecule has 0 unspecified atom stereocenters. The number of fused-ring (bicyclic) bond motifs is 3. The Morgan fingerprint density at radius 3 is 1.57 bits per heavy atom. The van der Waals surface area contributed by atoms with Crippen molar-refractivity contribution >= 4 is 21.8 Å². The molecular formula is C48H30F6N4. The summed E-state index contributed by atoms with van der Waals surface area (Å²) in [5.41, 5.74) is 3.55. The molecule has 284 valence electrons. The minimum absolute atomic E-state index is 0.0686. The van der Waals surface area contributed by atoms with Gasteiger partial charge in [0.1, 0.15) is 0 Å². The molecule has 4 nitrogen and oxygen atoms in total. The molecule has 0 radical (unpaired) electrons. The molecule has 58 heavy (non-hydrogen) atoms. The highest BCUT2D eigenvalue weighted by Crippen LogP contribution is 2.43. The molecule has 2 aromatic heterocycles. The van der Waals surface area contributed by atoms with Crippen molar-refractivity contribution in [2.45, 2.75) is 19.3 Å². The minimum atomic E-state index is -5.07. The normalized spacial score (nSPS) is 12.1. The number of aryl methyl sites for hydroxylation is 1. The van der Waals surface area contributed by atoms with Gasteiger partial charge in [0.05, 0.1) is 22.2 Å². The zero-order valence-electron chi connectivity index (χ0n) is 30.6. The Bertz CT molecular complexity index is 2900. The van der Waals surface area contributed by atoms with Gasteiger partial charge in [-0.1, -0.05) is 121 Å². The Kier molecular flexibility index (Phi) is 8.92. The standard InChI is InChI=1S/C48H30F6N4/c1-29-11-10-16-32(23-29)33-19-21-39-38-17-8-9-18-42(38)58(43(39)26-33)37-20-22-40(41(28-37)34-24-35(47(49,50)51)27-36(25-34)48(52,53)54)46-56-44(30-12-4-2-5-13-30)55-45(57-46)31-14-6-3-7-15-31/h2-28H,1H3. The molecule has 0 aliphatic heterocycles. The Balaban J connectivity index is 1.35. The minimum Gasteiger partial charge on any atom is -0.309 e. The quantitative estimate of drug-likeness (QED) is 0.158. The smallest absolute Gasteiger partial charge is 0.309 e. The Morgan fingerprint density at radius 1 is 0.397 bits per heavy atom. The molecule has 0 bridgehead atoms. The van der Waals surface area contributed by atoms with Gasteiger partial charge in [0.25, 0.3) is 0 Å². The molecular weight excluding hydrogens is 747 g/mol. The Hall–Kier alpha value is -7.07. The van der Waals surface area contributed by atoms with Crippen molar-refractivity contribution in [2.24, 2.45) is 0 Å². The molecule has 0 saturated heterocycles. The van der Waals surface area contributed by atoms with Crippen LogP contribution >= 0.6 is 0 Å². The third-order valence-corrected chi connectivity index (χ3v) is 10.1. The highest BCUT2D eigenvalue weighted by atomic mass is 19.4. The van der Waals surface area contributed by atoms with Gasteiger partial charge in [0, 0.05) is 33.2 Å². The van der Waals surface area contributed by atoms with Crippen molar-refractivity contribution in [3.8, 4) is 62.1 Å². The number of alkyl halides is 6. The lowest BCUT2D eigenvalue weighted by Gasteiger charge is -2.18. The monoisotopic (exact) mass is 776 g/mol. The average Bonchev–Trinajstić information content (AvgIpc) is 3.57. The van der Waals surface area contributed by atoms with E-state index in [0.29, 0.717) is 16.8 Å². The van der Waals surface area contributed by atoms with Crippen LogP contribution in [0.4, 0.5) is 26.3 Å². The zero-order chi connectivity index (χ0) is 40.2. The lowest BCUT2D eigenvalue weighted by Crippen LogP contribution is -2.11. The van der Waals surface area contributed by atoms with E-state index >= 15 is 0 Å². The number of halogens is 6. The van der Waals surface area contributed by atoms with E-state index in [9.17, 15) is 26.3 Å². The first-order valence-corrected chi connectivity index (χ1v) is 18.3. The molecule has 2 heterocycles. The first kappa shape index (κ1) is 36.6. The number of nitrogens with zero attached hydrogens (tertiary/aromatic N) is 4. The first-order valence-electron chi connectivity index (χ1n) is 18.3. The fraction of sp³-hybridized carbons (Fsp3) is 0.0625. The van der Waals surface area contributed by atoms with E-state index in [2.05, 4.69) is 6.07 Å². The summed E-state index contributed by atoms with van der Waals surface area (Å²) in [5, 5.41) is 1.85. The van der Waals surface area contributed by atoms with E-state index in [1.807, 2.05) is 133 Å². The number of aromatic nitrogens is 4. The summed E-state index contributed by atoms with van der Waals surface area (Å²) in [6.07, 6.45) is -10.1. The van der Waals surface area contributed by atoms with Crippen LogP contribution in [0.2, 0.25) is 0 Å². The number of hydrogen-bond acceptors (Lipinski definition) is 3. The molecule has 0 N–H and O–H groups in total. The van der Waals surface area contributed by atoms with Crippen LogP contribution in [-0.2, 0) is 12.4 Å². The van der Waals surface area contributed by atoms with Gasteiger partial charge in [0.15, 0.2) is 17.5 Å². The summed E-state index contributed by atoms with van der Waals surface area (Å²) in [7, 11) is 0. The van der Waals surface area contributed by atoms with E-state index in [1.165, 1.54) is 0 Å². The lowest BCUT2D eigenvalue weighted by atomic mass is 9.94. The SMILES string of the molecule is Cc1cccc(-c2ccc3c4ccccc4n(-c4ccc(-c5nc(-c6ccccc6)nc(-c6ccccc6)n5)c(-c5cc(C(F)(F)F)cc(C(F)(F)F)c5)c4)c3c2)c1. The topological polar surface area (TPSA) is 43.6 Å². The molecule has 0 atom stereocenters. The summed E-state index contributed by atoms with van der Waals surface area (Å²) in [4.78, 5) is 14.3. The van der Waals surface area contributed by atoms with Crippen molar-refractivity contribution < 1.29 is 26.3 Å². The average molecular weight is 777 g/mol. The number of para-hydroxylation sites is 1. The summed E-state index contributed by atoms with van der Waals surface area (Å²) in [6, 6.07) is 46.8. The van der Waals surface area contributed by atoms with Gasteiger partial charge in [-0.05, 0) is 77.7 Å². The predicted molar refractivity (Wildman–Crippen MR) is 216 cm³/mol. The van der Waals surface area contributed by atoms with E-state index in [-0.39, 0.29) is 40.2 Å². The molecule has 7 aromatic carbocycles. The van der Waals surface area contributed by atoms with Crippen molar-refractivity contribution in [3.05, 3.63) is 180 Å². The largest absolute Gasteiger partial charge is 0.416 e. The van der Waals surface area contributed by atoms with Gasteiger partial charge in [-0.2, -0.15) is 26.3 Å². The van der Waals surface area contributed by atoms with Gasteiger partial charge >= 0.3 is 12.4 Å². The molecule has 9 aromatic rings. The highest BCUT2D eigenvalue weighted by Gasteiger charge is 2.37. The van der Waals surface area contributed by atoms with Crippen LogP contribution in [0.25, 0.3) is 83.9 Å². The van der Waals surface area contributed by atoms with Gasteiger partial charge in [-0.15, -0.1) is 0 Å². The fourth-order valence-electron chi connectivity index (χ4n) is 7.40. The predicted octanol–water partition coefficient (Wildman–Crippen LogP) is 13.6. The maximum Gasteiger partial charge on any atom is 0.416 e. The third kappa shape index (κ3) is 6.87. The fourth-order valence-corrected chi connectivity index (χ4v) is 7.40. The summed E-state index contributed by atoms with van der Waals surface area (Å²) in [5.74, 6) is 0.639. The van der Waals surface area contributed by atoms with Crippen molar-refractivity contribution in [1.29, 1.82) is 0 Å². The van der Waals surface area contributed by atoms with Crippen LogP contribution in [0.3, 0.4) is 0 Å². The van der Waals surface area contributed by atoms with E-state index in [4.69, 9.17) is 15.0 Å². The molecule has 0 spiro atoms. The maximum atomic E-state index is 14.4. The molecule has 0 amide bonds. The van der Waals surface area contributed by atoms with Crippen LogP contribution in [0.1, 0.15) is 16.7 Å². The Labute approximate surface area is 328 Å². The van der Waals surface area contributed by atoms with E-state index in [0.717, 1.165) is 50.6 Å². The Morgan fingerprint density at radius 2 is 0.948 bits per heavy atom. The van der Waals surface area contributed by atoms with Gasteiger partial charge in [-0.25, -0.2) is 15.0 Å². The summed E-state index contributed by atoms with van der Waals surface area (Å²) >= 11 is 0. The summed E-state index contributed by atoms with van der Waals surface area (Å²) < 4.78 is 88.4. The number of rotatable bonds is 6. The summed E-state index contributed by atoms with van der Waals surface area (Å²) in [6.45, 7) is 2.01. The second kappa shape index (κ2) is 14.1. The van der Waals surface area contributed by atoms with Gasteiger partial charge in [-0.3, -0.25) is 0 Å². The van der Waals surface area contributed by atoms with Gasteiger partial charge < -0.3 is 4.57 Å². The number of benzene rings is 7. The highest BCUT2D eigenvalue weighted by molar-refractivity contribution is 6.10. The van der Waals surface area contributed by atoms with Crippen molar-refractivity contribution in [1.82, 2.24) is 19.5 Å². The van der Waals surface area contributed by atoms with Crippen LogP contribution in [-0.4, -0.2) is 19.5 Å². The maximum absolute atomic E-state index is 14.4.